The fraction of sp³-hybridized carbons (Fsp3) is 0.615. The Bertz CT molecular complexity index is 402. The van der Waals surface area contributed by atoms with Crippen LogP contribution in [-0.4, -0.2) is 42.2 Å². The van der Waals surface area contributed by atoms with Gasteiger partial charge in [0.15, 0.2) is 0 Å². The quantitative estimate of drug-likeness (QED) is 0.836. The molecule has 1 amide bonds. The molecule has 1 fully saturated rings. The summed E-state index contributed by atoms with van der Waals surface area (Å²) < 4.78 is 5.61. The zero-order valence-electron chi connectivity index (χ0n) is 11.2. The Kier molecular flexibility index (Phi) is 5.09. The highest BCUT2D eigenvalue weighted by Gasteiger charge is 2.14. The summed E-state index contributed by atoms with van der Waals surface area (Å²) in [5, 5.41) is 5.70. The van der Waals surface area contributed by atoms with Crippen LogP contribution in [0.2, 0.25) is 0 Å². The van der Waals surface area contributed by atoms with Crippen molar-refractivity contribution in [2.45, 2.75) is 31.8 Å². The second kappa shape index (κ2) is 7.04. The number of carbonyl (C=O) groups is 1. The molecule has 6 nitrogen and oxygen atoms in total. The first-order chi connectivity index (χ1) is 9.29. The summed E-state index contributed by atoms with van der Waals surface area (Å²) in [5.41, 5.74) is 0.337. The van der Waals surface area contributed by atoms with Crippen LogP contribution in [0.25, 0.3) is 0 Å². The molecule has 19 heavy (non-hydrogen) atoms. The van der Waals surface area contributed by atoms with E-state index in [9.17, 15) is 4.79 Å². The van der Waals surface area contributed by atoms with Gasteiger partial charge >= 0.3 is 0 Å². The van der Waals surface area contributed by atoms with Crippen molar-refractivity contribution in [1.29, 1.82) is 0 Å². The van der Waals surface area contributed by atoms with Crippen molar-refractivity contribution in [2.24, 2.45) is 0 Å². The minimum absolute atomic E-state index is 0.189. The van der Waals surface area contributed by atoms with E-state index < -0.39 is 0 Å². The standard InChI is InChI=1S/C13H20N4O2/c1-14-12-9-16-11(8-17-12)13(18)15-6-5-10-4-2-3-7-19-10/h8-10H,2-7H2,1H3,(H,14,17)(H,15,18). The average Bonchev–Trinajstić information content (AvgIpc) is 2.48. The summed E-state index contributed by atoms with van der Waals surface area (Å²) >= 11 is 0. The van der Waals surface area contributed by atoms with Crippen molar-refractivity contribution in [2.75, 3.05) is 25.5 Å². The molecular weight excluding hydrogens is 244 g/mol. The van der Waals surface area contributed by atoms with Gasteiger partial charge in [0, 0.05) is 20.2 Å². The second-order valence-electron chi connectivity index (χ2n) is 4.57. The maximum atomic E-state index is 11.8. The van der Waals surface area contributed by atoms with Crippen molar-refractivity contribution in [3.8, 4) is 0 Å². The van der Waals surface area contributed by atoms with Crippen molar-refractivity contribution in [3.05, 3.63) is 18.1 Å². The number of nitrogens with zero attached hydrogens (tertiary/aromatic N) is 2. The van der Waals surface area contributed by atoms with Crippen LogP contribution in [0.3, 0.4) is 0 Å². The second-order valence-corrected chi connectivity index (χ2v) is 4.57. The van der Waals surface area contributed by atoms with E-state index in [1.54, 1.807) is 13.2 Å². The molecule has 1 aromatic heterocycles. The molecule has 1 aliphatic rings. The molecule has 2 rings (SSSR count). The maximum Gasteiger partial charge on any atom is 0.271 e. The lowest BCUT2D eigenvalue weighted by Crippen LogP contribution is -2.30. The van der Waals surface area contributed by atoms with Crippen LogP contribution in [-0.2, 0) is 4.74 Å². The summed E-state index contributed by atoms with van der Waals surface area (Å²) in [6, 6.07) is 0. The number of ether oxygens (including phenoxy) is 1. The van der Waals surface area contributed by atoms with E-state index in [0.29, 0.717) is 18.1 Å². The van der Waals surface area contributed by atoms with Gasteiger partial charge in [-0.1, -0.05) is 0 Å². The number of carbonyl (C=O) groups excluding carboxylic acids is 1. The van der Waals surface area contributed by atoms with Gasteiger partial charge in [-0.05, 0) is 25.7 Å². The Morgan fingerprint density at radius 1 is 1.42 bits per heavy atom. The highest BCUT2D eigenvalue weighted by molar-refractivity contribution is 5.91. The number of hydrogen-bond acceptors (Lipinski definition) is 5. The molecule has 1 aliphatic heterocycles. The predicted octanol–water partition coefficient (Wildman–Crippen LogP) is 1.21. The first-order valence-electron chi connectivity index (χ1n) is 6.69. The minimum Gasteiger partial charge on any atom is -0.378 e. The van der Waals surface area contributed by atoms with Crippen LogP contribution in [0.4, 0.5) is 5.82 Å². The smallest absolute Gasteiger partial charge is 0.271 e. The highest BCUT2D eigenvalue weighted by atomic mass is 16.5. The monoisotopic (exact) mass is 264 g/mol. The van der Waals surface area contributed by atoms with E-state index in [0.717, 1.165) is 25.9 Å². The van der Waals surface area contributed by atoms with E-state index in [1.807, 2.05) is 0 Å². The molecule has 104 valence electrons. The van der Waals surface area contributed by atoms with Gasteiger partial charge < -0.3 is 15.4 Å². The number of aromatic nitrogens is 2. The van der Waals surface area contributed by atoms with Gasteiger partial charge in [0.25, 0.3) is 5.91 Å². The molecule has 1 atom stereocenters. The van der Waals surface area contributed by atoms with Gasteiger partial charge in [-0.25, -0.2) is 9.97 Å². The van der Waals surface area contributed by atoms with E-state index >= 15 is 0 Å². The largest absolute Gasteiger partial charge is 0.378 e. The fourth-order valence-electron chi connectivity index (χ4n) is 2.05. The third-order valence-corrected chi connectivity index (χ3v) is 3.17. The molecule has 1 aromatic rings. The highest BCUT2D eigenvalue weighted by Crippen LogP contribution is 2.14. The lowest BCUT2D eigenvalue weighted by Gasteiger charge is -2.22. The van der Waals surface area contributed by atoms with Crippen LogP contribution in [0.15, 0.2) is 12.4 Å². The maximum absolute atomic E-state index is 11.8. The molecule has 1 unspecified atom stereocenters. The molecule has 2 N–H and O–H groups in total. The first kappa shape index (κ1) is 13.7. The van der Waals surface area contributed by atoms with Gasteiger partial charge in [0.05, 0.1) is 18.5 Å². The Morgan fingerprint density at radius 2 is 2.32 bits per heavy atom. The van der Waals surface area contributed by atoms with Crippen LogP contribution in [0.1, 0.15) is 36.2 Å². The van der Waals surface area contributed by atoms with Crippen LogP contribution < -0.4 is 10.6 Å². The molecule has 0 spiro atoms. The van der Waals surface area contributed by atoms with Gasteiger partial charge in [-0.3, -0.25) is 4.79 Å². The molecule has 0 bridgehead atoms. The van der Waals surface area contributed by atoms with Crippen molar-refractivity contribution < 1.29 is 9.53 Å². The summed E-state index contributed by atoms with van der Waals surface area (Å²) in [6.45, 7) is 1.45. The average molecular weight is 264 g/mol. The molecule has 6 heteroatoms. The van der Waals surface area contributed by atoms with Crippen LogP contribution in [0.5, 0.6) is 0 Å². The number of rotatable bonds is 5. The summed E-state index contributed by atoms with van der Waals surface area (Å²) in [7, 11) is 1.76. The molecule has 0 aromatic carbocycles. The Balaban J connectivity index is 1.73. The third kappa shape index (κ3) is 4.17. The minimum atomic E-state index is -0.189. The SMILES string of the molecule is CNc1cnc(C(=O)NCCC2CCCCO2)cn1. The van der Waals surface area contributed by atoms with Crippen LogP contribution >= 0.6 is 0 Å². The fourth-order valence-corrected chi connectivity index (χ4v) is 2.05. The van der Waals surface area contributed by atoms with Crippen molar-refractivity contribution in [3.63, 3.8) is 0 Å². The van der Waals surface area contributed by atoms with Gasteiger partial charge in [0.2, 0.25) is 0 Å². The molecule has 1 saturated heterocycles. The molecule has 0 saturated carbocycles. The van der Waals surface area contributed by atoms with E-state index in [1.165, 1.54) is 12.6 Å². The number of anilines is 1. The lowest BCUT2D eigenvalue weighted by atomic mass is 10.1. The van der Waals surface area contributed by atoms with Crippen molar-refractivity contribution in [1.82, 2.24) is 15.3 Å². The van der Waals surface area contributed by atoms with E-state index in [-0.39, 0.29) is 12.0 Å². The Hall–Kier alpha value is -1.69. The normalized spacial score (nSPS) is 18.9. The first-order valence-corrected chi connectivity index (χ1v) is 6.69. The van der Waals surface area contributed by atoms with Gasteiger partial charge in [-0.2, -0.15) is 0 Å². The predicted molar refractivity (Wildman–Crippen MR) is 72.1 cm³/mol. The zero-order chi connectivity index (χ0) is 13.5. The number of amides is 1. The zero-order valence-corrected chi connectivity index (χ0v) is 11.2. The summed E-state index contributed by atoms with van der Waals surface area (Å²) in [5.74, 6) is 0.457. The Morgan fingerprint density at radius 3 is 2.95 bits per heavy atom. The topological polar surface area (TPSA) is 76.1 Å². The summed E-state index contributed by atoms with van der Waals surface area (Å²) in [4.78, 5) is 19.9. The number of nitrogens with one attached hydrogen (secondary N) is 2. The molecule has 0 radical (unpaired) electrons. The van der Waals surface area contributed by atoms with Crippen molar-refractivity contribution >= 4 is 11.7 Å². The van der Waals surface area contributed by atoms with Gasteiger partial charge in [-0.15, -0.1) is 0 Å². The summed E-state index contributed by atoms with van der Waals surface area (Å²) in [6.07, 6.45) is 7.61. The van der Waals surface area contributed by atoms with Crippen LogP contribution in [0, 0.1) is 0 Å². The lowest BCUT2D eigenvalue weighted by molar-refractivity contribution is 0.0117. The molecular formula is C13H20N4O2. The van der Waals surface area contributed by atoms with E-state index in [2.05, 4.69) is 20.6 Å². The van der Waals surface area contributed by atoms with E-state index in [4.69, 9.17) is 4.74 Å². The molecule has 0 aliphatic carbocycles. The third-order valence-electron chi connectivity index (χ3n) is 3.17. The number of hydrogen-bond donors (Lipinski definition) is 2. The Labute approximate surface area is 113 Å². The van der Waals surface area contributed by atoms with Gasteiger partial charge in [0.1, 0.15) is 11.5 Å². The molecule has 2 heterocycles.